The lowest BCUT2D eigenvalue weighted by molar-refractivity contribution is -0.135. The zero-order chi connectivity index (χ0) is 17.9. The molecule has 2 N–H and O–H groups in total. The van der Waals surface area contributed by atoms with Crippen molar-refractivity contribution in [3.05, 3.63) is 0 Å². The number of nitrogens with zero attached hydrogens (tertiary/aromatic N) is 2. The molecule has 0 radical (unpaired) electrons. The van der Waals surface area contributed by atoms with Gasteiger partial charge in [-0.2, -0.15) is 0 Å². The molecule has 2 heterocycles. The first kappa shape index (κ1) is 18.4. The van der Waals surface area contributed by atoms with Gasteiger partial charge in [-0.25, -0.2) is 9.59 Å². The van der Waals surface area contributed by atoms with Crippen LogP contribution in [0.3, 0.4) is 0 Å². The SMILES string of the molecule is CC(C)(C)OC(=O)N[C@H]1CCN(C(=O)C2CCN(C(=O)O)CC2)C1. The van der Waals surface area contributed by atoms with Crippen molar-refractivity contribution in [3.63, 3.8) is 0 Å². The van der Waals surface area contributed by atoms with Gasteiger partial charge in [0.15, 0.2) is 0 Å². The number of hydrogen-bond acceptors (Lipinski definition) is 4. The van der Waals surface area contributed by atoms with Crippen molar-refractivity contribution in [3.8, 4) is 0 Å². The summed E-state index contributed by atoms with van der Waals surface area (Å²) in [6, 6.07) is -0.0945. The van der Waals surface area contributed by atoms with Gasteiger partial charge in [0.25, 0.3) is 0 Å². The predicted molar refractivity (Wildman–Crippen MR) is 86.7 cm³/mol. The van der Waals surface area contributed by atoms with Gasteiger partial charge in [-0.15, -0.1) is 0 Å². The smallest absolute Gasteiger partial charge is 0.407 e. The van der Waals surface area contributed by atoms with E-state index < -0.39 is 17.8 Å². The topological polar surface area (TPSA) is 99.2 Å². The molecule has 2 fully saturated rings. The number of likely N-dealkylation sites (tertiary alicyclic amines) is 2. The Balaban J connectivity index is 1.78. The molecule has 2 rings (SSSR count). The number of hydrogen-bond donors (Lipinski definition) is 2. The second-order valence-corrected chi connectivity index (χ2v) is 7.46. The van der Waals surface area contributed by atoms with Gasteiger partial charge in [-0.1, -0.05) is 0 Å². The van der Waals surface area contributed by atoms with Crippen LogP contribution in [0.5, 0.6) is 0 Å². The predicted octanol–water partition coefficient (Wildman–Crippen LogP) is 1.50. The molecule has 0 spiro atoms. The fourth-order valence-corrected chi connectivity index (χ4v) is 3.13. The van der Waals surface area contributed by atoms with E-state index in [9.17, 15) is 14.4 Å². The number of ether oxygens (including phenoxy) is 1. The van der Waals surface area contributed by atoms with Crippen LogP contribution in [-0.4, -0.2) is 70.8 Å². The molecule has 0 aromatic rings. The fraction of sp³-hybridized carbons (Fsp3) is 0.812. The Hall–Kier alpha value is -1.99. The van der Waals surface area contributed by atoms with Crippen LogP contribution in [0, 0.1) is 5.92 Å². The summed E-state index contributed by atoms with van der Waals surface area (Å²) in [7, 11) is 0. The summed E-state index contributed by atoms with van der Waals surface area (Å²) in [5, 5.41) is 11.8. The molecular formula is C16H27N3O5. The maximum Gasteiger partial charge on any atom is 0.407 e. The fourth-order valence-electron chi connectivity index (χ4n) is 3.13. The second kappa shape index (κ2) is 7.27. The molecule has 8 heteroatoms. The lowest BCUT2D eigenvalue weighted by Crippen LogP contribution is -2.45. The van der Waals surface area contributed by atoms with Crippen LogP contribution in [0.2, 0.25) is 0 Å². The number of rotatable bonds is 2. The maximum atomic E-state index is 12.6. The number of nitrogens with one attached hydrogen (secondary N) is 1. The third-order valence-corrected chi connectivity index (χ3v) is 4.34. The van der Waals surface area contributed by atoms with E-state index in [1.807, 2.05) is 0 Å². The molecular weight excluding hydrogens is 314 g/mol. The minimum Gasteiger partial charge on any atom is -0.465 e. The molecule has 0 unspecified atom stereocenters. The molecule has 0 saturated carbocycles. The summed E-state index contributed by atoms with van der Waals surface area (Å²) in [6.07, 6.45) is 0.441. The Morgan fingerprint density at radius 3 is 2.17 bits per heavy atom. The molecule has 0 aliphatic carbocycles. The highest BCUT2D eigenvalue weighted by Crippen LogP contribution is 2.22. The lowest BCUT2D eigenvalue weighted by Gasteiger charge is -2.31. The Morgan fingerprint density at radius 2 is 1.62 bits per heavy atom. The van der Waals surface area contributed by atoms with Crippen LogP contribution in [0.25, 0.3) is 0 Å². The van der Waals surface area contributed by atoms with Crippen molar-refractivity contribution >= 4 is 18.1 Å². The van der Waals surface area contributed by atoms with Gasteiger partial charge >= 0.3 is 12.2 Å². The van der Waals surface area contributed by atoms with Gasteiger partial charge in [-0.3, -0.25) is 4.79 Å². The molecule has 24 heavy (non-hydrogen) atoms. The number of carbonyl (C=O) groups is 3. The molecule has 1 atom stereocenters. The maximum absolute atomic E-state index is 12.6. The largest absolute Gasteiger partial charge is 0.465 e. The molecule has 0 bridgehead atoms. The Bertz CT molecular complexity index is 494. The van der Waals surface area contributed by atoms with Gasteiger partial charge in [0.2, 0.25) is 5.91 Å². The van der Waals surface area contributed by atoms with E-state index in [1.165, 1.54) is 4.90 Å². The third-order valence-electron chi connectivity index (χ3n) is 4.34. The number of piperidine rings is 1. The van der Waals surface area contributed by atoms with Crippen LogP contribution in [0.4, 0.5) is 9.59 Å². The highest BCUT2D eigenvalue weighted by Gasteiger charge is 2.34. The van der Waals surface area contributed by atoms with E-state index >= 15 is 0 Å². The zero-order valence-electron chi connectivity index (χ0n) is 14.6. The average molecular weight is 341 g/mol. The van der Waals surface area contributed by atoms with E-state index in [1.54, 1.807) is 25.7 Å². The Labute approximate surface area is 142 Å². The van der Waals surface area contributed by atoms with E-state index in [-0.39, 0.29) is 17.9 Å². The van der Waals surface area contributed by atoms with Crippen molar-refractivity contribution in [2.45, 2.75) is 51.7 Å². The molecule has 2 saturated heterocycles. The monoisotopic (exact) mass is 341 g/mol. The standard InChI is InChI=1S/C16H27N3O5/c1-16(2,3)24-14(21)17-12-6-9-19(10-12)13(20)11-4-7-18(8-5-11)15(22)23/h11-12H,4-10H2,1-3H3,(H,17,21)(H,22,23)/t12-/m0/s1. The van der Waals surface area contributed by atoms with Crippen molar-refractivity contribution < 1.29 is 24.2 Å². The summed E-state index contributed by atoms with van der Waals surface area (Å²) in [6.45, 7) is 7.32. The minimum absolute atomic E-state index is 0.0635. The molecule has 136 valence electrons. The quantitative estimate of drug-likeness (QED) is 0.793. The van der Waals surface area contributed by atoms with Crippen molar-refractivity contribution in [2.24, 2.45) is 5.92 Å². The molecule has 2 aliphatic heterocycles. The first-order chi connectivity index (χ1) is 11.2. The third kappa shape index (κ3) is 5.01. The number of carboxylic acid groups (broad SMARTS) is 1. The number of carbonyl (C=O) groups excluding carboxylic acids is 2. The van der Waals surface area contributed by atoms with Gasteiger partial charge in [0, 0.05) is 32.1 Å². The van der Waals surface area contributed by atoms with Crippen LogP contribution < -0.4 is 5.32 Å². The van der Waals surface area contributed by atoms with Gasteiger partial charge in [0.1, 0.15) is 5.60 Å². The van der Waals surface area contributed by atoms with Crippen LogP contribution in [0.1, 0.15) is 40.0 Å². The minimum atomic E-state index is -0.927. The van der Waals surface area contributed by atoms with Gasteiger partial charge in [-0.05, 0) is 40.0 Å². The summed E-state index contributed by atoms with van der Waals surface area (Å²) in [4.78, 5) is 38.4. The zero-order valence-corrected chi connectivity index (χ0v) is 14.6. The van der Waals surface area contributed by atoms with E-state index in [0.717, 1.165) is 0 Å². The van der Waals surface area contributed by atoms with Crippen LogP contribution >= 0.6 is 0 Å². The molecule has 2 aliphatic rings. The summed E-state index contributed by atoms with van der Waals surface area (Å²) >= 11 is 0. The van der Waals surface area contributed by atoms with E-state index in [4.69, 9.17) is 9.84 Å². The molecule has 0 aromatic heterocycles. The summed E-state index contributed by atoms with van der Waals surface area (Å²) in [5.74, 6) is -0.0607. The van der Waals surface area contributed by atoms with Crippen molar-refractivity contribution in [2.75, 3.05) is 26.2 Å². The normalized spacial score (nSPS) is 22.4. The van der Waals surface area contributed by atoms with Crippen LogP contribution in [-0.2, 0) is 9.53 Å². The lowest BCUT2D eigenvalue weighted by atomic mass is 9.95. The van der Waals surface area contributed by atoms with Gasteiger partial charge in [0.05, 0.1) is 6.04 Å². The number of amides is 3. The molecule has 3 amide bonds. The average Bonchev–Trinajstić information content (AvgIpc) is 2.92. The van der Waals surface area contributed by atoms with Crippen molar-refractivity contribution in [1.82, 2.24) is 15.1 Å². The van der Waals surface area contributed by atoms with Crippen LogP contribution in [0.15, 0.2) is 0 Å². The highest BCUT2D eigenvalue weighted by molar-refractivity contribution is 5.80. The van der Waals surface area contributed by atoms with Crippen molar-refractivity contribution in [1.29, 1.82) is 0 Å². The first-order valence-electron chi connectivity index (χ1n) is 8.42. The summed E-state index contributed by atoms with van der Waals surface area (Å²) < 4.78 is 5.23. The number of alkyl carbamates (subject to hydrolysis) is 1. The first-order valence-corrected chi connectivity index (χ1v) is 8.42. The van der Waals surface area contributed by atoms with E-state index in [0.29, 0.717) is 45.4 Å². The molecule has 0 aromatic carbocycles. The summed E-state index contributed by atoms with van der Waals surface area (Å²) in [5.41, 5.74) is -0.545. The van der Waals surface area contributed by atoms with Gasteiger partial charge < -0.3 is 25.0 Å². The Morgan fingerprint density at radius 1 is 1.04 bits per heavy atom. The highest BCUT2D eigenvalue weighted by atomic mass is 16.6. The second-order valence-electron chi connectivity index (χ2n) is 7.46. The van der Waals surface area contributed by atoms with E-state index in [2.05, 4.69) is 5.32 Å². The molecule has 8 nitrogen and oxygen atoms in total. The Kier molecular flexibility index (Phi) is 5.56.